The lowest BCUT2D eigenvalue weighted by Gasteiger charge is -2.22. The number of nitrogens with one attached hydrogen (secondary N) is 1. The van der Waals surface area contributed by atoms with Crippen LogP contribution in [-0.4, -0.2) is 34.1 Å². The first-order chi connectivity index (χ1) is 15.8. The fraction of sp³-hybridized carbons (Fsp3) is 0.208. The fourth-order valence-electron chi connectivity index (χ4n) is 3.81. The van der Waals surface area contributed by atoms with E-state index >= 15 is 0 Å². The molecular formula is C24H23BrN2O5S. The molecule has 0 saturated carbocycles. The molecule has 0 fully saturated rings. The van der Waals surface area contributed by atoms with Gasteiger partial charge in [-0.2, -0.15) is 0 Å². The number of rotatable bonds is 7. The number of methoxy groups -OCH3 is 1. The van der Waals surface area contributed by atoms with Crippen LogP contribution in [-0.2, 0) is 21.2 Å². The third-order valence-corrected chi connectivity index (χ3v) is 7.23. The number of carbonyl (C=O) groups is 1. The van der Waals surface area contributed by atoms with Gasteiger partial charge in [0.25, 0.3) is 15.9 Å². The standard InChI is InChI=1S/C24H23BrN2O5S/c1-16-12-17-13-18(25)6-11-23(17)27(16)24(28)15-32-20-7-9-22(10-8-20)33(29,30)26-19-4-3-5-21(14-19)31-2/h3-11,13-14,16,26H,12,15H2,1-2H3. The molecule has 0 aromatic heterocycles. The van der Waals surface area contributed by atoms with Gasteiger partial charge < -0.3 is 14.4 Å². The molecule has 9 heteroatoms. The van der Waals surface area contributed by atoms with Crippen LogP contribution in [0, 0.1) is 0 Å². The average Bonchev–Trinajstić information content (AvgIpc) is 3.12. The van der Waals surface area contributed by atoms with Crippen molar-refractivity contribution in [1.29, 1.82) is 0 Å². The molecule has 172 valence electrons. The van der Waals surface area contributed by atoms with Crippen molar-refractivity contribution < 1.29 is 22.7 Å². The lowest BCUT2D eigenvalue weighted by atomic mass is 10.1. The molecule has 1 amide bonds. The first-order valence-corrected chi connectivity index (χ1v) is 12.5. The van der Waals surface area contributed by atoms with Crippen LogP contribution in [0.3, 0.4) is 0 Å². The number of carbonyl (C=O) groups excluding carboxylic acids is 1. The molecule has 1 aliphatic heterocycles. The van der Waals surface area contributed by atoms with Gasteiger partial charge in [-0.05, 0) is 73.5 Å². The van der Waals surface area contributed by atoms with Crippen LogP contribution in [0.2, 0.25) is 0 Å². The van der Waals surface area contributed by atoms with Gasteiger partial charge in [0, 0.05) is 22.3 Å². The molecule has 4 rings (SSSR count). The third kappa shape index (κ3) is 5.15. The van der Waals surface area contributed by atoms with Crippen LogP contribution >= 0.6 is 15.9 Å². The molecular weight excluding hydrogens is 508 g/mol. The topological polar surface area (TPSA) is 84.9 Å². The molecule has 7 nitrogen and oxygen atoms in total. The molecule has 0 radical (unpaired) electrons. The quantitative estimate of drug-likeness (QED) is 0.481. The summed E-state index contributed by atoms with van der Waals surface area (Å²) in [6, 6.07) is 18.5. The minimum atomic E-state index is -3.78. The minimum absolute atomic E-state index is 0.0422. The zero-order chi connectivity index (χ0) is 23.6. The number of amides is 1. The highest BCUT2D eigenvalue weighted by Crippen LogP contribution is 2.34. The summed E-state index contributed by atoms with van der Waals surface area (Å²) in [6.45, 7) is 1.86. The summed E-state index contributed by atoms with van der Waals surface area (Å²) < 4.78 is 39.6. The molecule has 0 saturated heterocycles. The maximum atomic E-state index is 12.8. The van der Waals surface area contributed by atoms with Gasteiger partial charge in [0.2, 0.25) is 0 Å². The van der Waals surface area contributed by atoms with Crippen LogP contribution in [0.4, 0.5) is 11.4 Å². The maximum Gasteiger partial charge on any atom is 0.265 e. The second kappa shape index (κ2) is 9.44. The normalized spacial score (nSPS) is 15.1. The number of ether oxygens (including phenoxy) is 2. The Morgan fingerprint density at radius 2 is 1.85 bits per heavy atom. The highest BCUT2D eigenvalue weighted by molar-refractivity contribution is 9.10. The third-order valence-electron chi connectivity index (χ3n) is 5.34. The predicted octanol–water partition coefficient (Wildman–Crippen LogP) is 4.62. The SMILES string of the molecule is COc1cccc(NS(=O)(=O)c2ccc(OCC(=O)N3c4ccc(Br)cc4CC3C)cc2)c1. The number of halogens is 1. The largest absolute Gasteiger partial charge is 0.497 e. The number of nitrogens with zero attached hydrogens (tertiary/aromatic N) is 1. The Morgan fingerprint density at radius 3 is 2.58 bits per heavy atom. The Morgan fingerprint density at radius 1 is 1.09 bits per heavy atom. The molecule has 0 spiro atoms. The van der Waals surface area contributed by atoms with E-state index in [1.807, 2.05) is 25.1 Å². The first-order valence-electron chi connectivity index (χ1n) is 10.3. The summed E-state index contributed by atoms with van der Waals surface area (Å²) >= 11 is 3.47. The van der Waals surface area contributed by atoms with Crippen molar-refractivity contribution in [3.63, 3.8) is 0 Å². The highest BCUT2D eigenvalue weighted by atomic mass is 79.9. The fourth-order valence-corrected chi connectivity index (χ4v) is 5.27. The summed E-state index contributed by atoms with van der Waals surface area (Å²) in [5.41, 5.74) is 2.40. The van der Waals surface area contributed by atoms with Gasteiger partial charge in [-0.15, -0.1) is 0 Å². The number of anilines is 2. The van der Waals surface area contributed by atoms with Crippen molar-refractivity contribution in [2.75, 3.05) is 23.3 Å². The van der Waals surface area contributed by atoms with E-state index in [2.05, 4.69) is 20.7 Å². The average molecular weight is 531 g/mol. The number of fused-ring (bicyclic) bond motifs is 1. The summed E-state index contributed by atoms with van der Waals surface area (Å²) in [5, 5.41) is 0. The molecule has 1 aliphatic rings. The van der Waals surface area contributed by atoms with Crippen molar-refractivity contribution in [1.82, 2.24) is 0 Å². The number of sulfonamides is 1. The summed E-state index contributed by atoms with van der Waals surface area (Å²) in [4.78, 5) is 14.7. The van der Waals surface area contributed by atoms with E-state index < -0.39 is 10.0 Å². The van der Waals surface area contributed by atoms with E-state index in [1.165, 1.54) is 31.4 Å². The van der Waals surface area contributed by atoms with Gasteiger partial charge in [0.05, 0.1) is 17.7 Å². The zero-order valence-electron chi connectivity index (χ0n) is 18.1. The molecule has 33 heavy (non-hydrogen) atoms. The molecule has 1 N–H and O–H groups in total. The van der Waals surface area contributed by atoms with Gasteiger partial charge in [-0.25, -0.2) is 8.42 Å². The lowest BCUT2D eigenvalue weighted by Crippen LogP contribution is -2.39. The van der Waals surface area contributed by atoms with E-state index in [1.54, 1.807) is 29.2 Å². The number of benzene rings is 3. The summed E-state index contributed by atoms with van der Waals surface area (Å²) in [5.74, 6) is 0.803. The van der Waals surface area contributed by atoms with Gasteiger partial charge in [0.15, 0.2) is 6.61 Å². The van der Waals surface area contributed by atoms with Gasteiger partial charge >= 0.3 is 0 Å². The smallest absolute Gasteiger partial charge is 0.265 e. The highest BCUT2D eigenvalue weighted by Gasteiger charge is 2.31. The lowest BCUT2D eigenvalue weighted by molar-refractivity contribution is -0.120. The van der Waals surface area contributed by atoms with Crippen LogP contribution in [0.15, 0.2) is 76.1 Å². The van der Waals surface area contributed by atoms with E-state index in [4.69, 9.17) is 9.47 Å². The zero-order valence-corrected chi connectivity index (χ0v) is 20.5. The van der Waals surface area contributed by atoms with Crippen LogP contribution in [0.1, 0.15) is 12.5 Å². The van der Waals surface area contributed by atoms with Crippen molar-refractivity contribution in [2.24, 2.45) is 0 Å². The molecule has 3 aromatic rings. The first kappa shape index (κ1) is 23.1. The predicted molar refractivity (Wildman–Crippen MR) is 131 cm³/mol. The second-order valence-corrected chi connectivity index (χ2v) is 10.3. The van der Waals surface area contributed by atoms with E-state index in [-0.39, 0.29) is 23.5 Å². The Hall–Kier alpha value is -3.04. The Balaban J connectivity index is 1.40. The second-order valence-electron chi connectivity index (χ2n) is 7.69. The Kier molecular flexibility index (Phi) is 6.62. The maximum absolute atomic E-state index is 12.8. The molecule has 1 unspecified atom stereocenters. The summed E-state index contributed by atoms with van der Waals surface area (Å²) in [6.07, 6.45) is 0.785. The van der Waals surface area contributed by atoms with Crippen molar-refractivity contribution >= 4 is 43.2 Å². The number of hydrogen-bond acceptors (Lipinski definition) is 5. The van der Waals surface area contributed by atoms with Crippen molar-refractivity contribution in [3.05, 3.63) is 76.8 Å². The molecule has 3 aromatic carbocycles. The molecule has 1 atom stereocenters. The van der Waals surface area contributed by atoms with Crippen LogP contribution in [0.25, 0.3) is 0 Å². The Bertz CT molecular complexity index is 1280. The minimum Gasteiger partial charge on any atom is -0.497 e. The molecule has 0 aliphatic carbocycles. The van der Waals surface area contributed by atoms with E-state index in [0.717, 1.165) is 22.1 Å². The van der Waals surface area contributed by atoms with Gasteiger partial charge in [-0.3, -0.25) is 9.52 Å². The molecule has 1 heterocycles. The van der Waals surface area contributed by atoms with Crippen molar-refractivity contribution in [3.8, 4) is 11.5 Å². The van der Waals surface area contributed by atoms with Gasteiger partial charge in [0.1, 0.15) is 11.5 Å². The number of hydrogen-bond donors (Lipinski definition) is 1. The van der Waals surface area contributed by atoms with E-state index in [9.17, 15) is 13.2 Å². The van der Waals surface area contributed by atoms with Crippen LogP contribution < -0.4 is 19.1 Å². The summed E-state index contributed by atoms with van der Waals surface area (Å²) in [7, 11) is -2.27. The molecule has 0 bridgehead atoms. The monoisotopic (exact) mass is 530 g/mol. The van der Waals surface area contributed by atoms with Crippen LogP contribution in [0.5, 0.6) is 11.5 Å². The van der Waals surface area contributed by atoms with Crippen molar-refractivity contribution in [2.45, 2.75) is 24.3 Å². The van der Waals surface area contributed by atoms with E-state index in [0.29, 0.717) is 17.2 Å². The van der Waals surface area contributed by atoms with Gasteiger partial charge in [-0.1, -0.05) is 22.0 Å². The Labute approximate surface area is 201 Å².